The van der Waals surface area contributed by atoms with Crippen LogP contribution >= 0.6 is 0 Å². The Morgan fingerprint density at radius 3 is 2.62 bits per heavy atom. The fraction of sp³-hybridized carbons (Fsp3) is 0.348. The van der Waals surface area contributed by atoms with Gasteiger partial charge in [-0.3, -0.25) is 24.2 Å². The molecule has 9 nitrogen and oxygen atoms in total. The lowest BCUT2D eigenvalue weighted by molar-refractivity contribution is -0.149. The number of aryl methyl sites for hydroxylation is 1. The molecule has 2 aromatic rings. The predicted octanol–water partition coefficient (Wildman–Crippen LogP) is 0.199. The first kappa shape index (κ1) is 21.5. The zero-order valence-electron chi connectivity index (χ0n) is 17.4. The number of nitrogens with two attached hydrogens (primary N) is 1. The summed E-state index contributed by atoms with van der Waals surface area (Å²) in [6, 6.07) is 9.25. The molecule has 0 saturated carbocycles. The molecule has 0 bridgehead atoms. The second-order valence-corrected chi connectivity index (χ2v) is 8.13. The van der Waals surface area contributed by atoms with E-state index >= 15 is 0 Å². The van der Waals surface area contributed by atoms with Crippen molar-refractivity contribution in [2.75, 3.05) is 13.1 Å². The van der Waals surface area contributed by atoms with E-state index in [0.717, 1.165) is 5.56 Å². The van der Waals surface area contributed by atoms with Gasteiger partial charge in [0, 0.05) is 25.4 Å². The Bertz CT molecular complexity index is 1070. The van der Waals surface area contributed by atoms with Gasteiger partial charge < -0.3 is 20.6 Å². The molecule has 1 aromatic heterocycles. The van der Waals surface area contributed by atoms with Crippen molar-refractivity contribution in [2.24, 2.45) is 5.73 Å². The van der Waals surface area contributed by atoms with E-state index in [1.54, 1.807) is 42.7 Å². The second kappa shape index (κ2) is 8.41. The van der Waals surface area contributed by atoms with Gasteiger partial charge in [-0.1, -0.05) is 18.2 Å². The number of phenols is 1. The number of benzene rings is 1. The molecule has 2 aliphatic rings. The Hall–Kier alpha value is -3.75. The van der Waals surface area contributed by atoms with Crippen molar-refractivity contribution >= 4 is 23.5 Å². The number of hydrogen-bond acceptors (Lipinski definition) is 6. The molecule has 4 rings (SSSR count). The lowest BCUT2D eigenvalue weighted by atomic mass is 9.88. The van der Waals surface area contributed by atoms with Gasteiger partial charge in [-0.15, -0.1) is 0 Å². The third-order valence-corrected chi connectivity index (χ3v) is 6.26. The van der Waals surface area contributed by atoms with Crippen LogP contribution in [0.25, 0.3) is 0 Å². The van der Waals surface area contributed by atoms with E-state index in [0.29, 0.717) is 18.4 Å². The zero-order valence-corrected chi connectivity index (χ0v) is 17.4. The van der Waals surface area contributed by atoms with Crippen LogP contribution in [0.4, 0.5) is 0 Å². The van der Waals surface area contributed by atoms with E-state index in [-0.39, 0.29) is 43.5 Å². The fourth-order valence-electron chi connectivity index (χ4n) is 4.81. The van der Waals surface area contributed by atoms with E-state index in [1.807, 2.05) is 0 Å². The number of fused-ring (bicyclic) bond motifs is 1. The highest BCUT2D eigenvalue weighted by Gasteiger charge is 2.66. The second-order valence-electron chi connectivity index (χ2n) is 8.13. The van der Waals surface area contributed by atoms with Gasteiger partial charge in [0.1, 0.15) is 5.75 Å². The van der Waals surface area contributed by atoms with Crippen LogP contribution in [-0.4, -0.2) is 68.1 Å². The molecule has 0 radical (unpaired) electrons. The summed E-state index contributed by atoms with van der Waals surface area (Å²) < 4.78 is 0. The molecule has 9 heteroatoms. The molecule has 3 heterocycles. The Kier molecular flexibility index (Phi) is 5.65. The quantitative estimate of drug-likeness (QED) is 0.622. The number of carbonyl (C=O) groups is 4. The molecular weight excluding hydrogens is 412 g/mol. The maximum Gasteiger partial charge on any atom is 0.253 e. The molecular formula is C23H24N4O5. The lowest BCUT2D eigenvalue weighted by Crippen LogP contribution is -2.64. The number of amides is 3. The maximum absolute atomic E-state index is 13.1. The summed E-state index contributed by atoms with van der Waals surface area (Å²) in [6.07, 6.45) is 3.89. The van der Waals surface area contributed by atoms with E-state index in [9.17, 15) is 24.3 Å². The van der Waals surface area contributed by atoms with Crippen molar-refractivity contribution in [1.29, 1.82) is 0 Å². The van der Waals surface area contributed by atoms with Crippen LogP contribution in [0, 0.1) is 0 Å². The minimum Gasteiger partial charge on any atom is -0.508 e. The van der Waals surface area contributed by atoms with E-state index in [4.69, 9.17) is 5.73 Å². The highest BCUT2D eigenvalue weighted by Crippen LogP contribution is 2.40. The third-order valence-electron chi connectivity index (χ3n) is 6.26. The molecule has 3 amide bonds. The molecule has 2 saturated heterocycles. The number of nitrogens with zero attached hydrogens (tertiary/aromatic N) is 3. The third kappa shape index (κ3) is 3.59. The van der Waals surface area contributed by atoms with E-state index in [2.05, 4.69) is 4.98 Å². The van der Waals surface area contributed by atoms with Gasteiger partial charge in [-0.2, -0.15) is 0 Å². The first-order chi connectivity index (χ1) is 15.3. The topological polar surface area (TPSA) is 134 Å². The highest BCUT2D eigenvalue weighted by molar-refractivity contribution is 6.17. The van der Waals surface area contributed by atoms with Crippen molar-refractivity contribution in [2.45, 2.75) is 37.3 Å². The van der Waals surface area contributed by atoms with Crippen LogP contribution in [0.2, 0.25) is 0 Å². The number of aromatic hydroxyl groups is 1. The van der Waals surface area contributed by atoms with Crippen LogP contribution in [-0.2, 0) is 32.0 Å². The lowest BCUT2D eigenvalue weighted by Gasteiger charge is -2.34. The Morgan fingerprint density at radius 2 is 1.94 bits per heavy atom. The van der Waals surface area contributed by atoms with Gasteiger partial charge in [-0.05, 0) is 42.2 Å². The van der Waals surface area contributed by atoms with Crippen LogP contribution in [0.1, 0.15) is 24.0 Å². The molecule has 3 N–H and O–H groups in total. The number of phenolic OH excluding ortho intramolecular Hbond substituents is 1. The molecule has 2 fully saturated rings. The number of pyridine rings is 1. The van der Waals surface area contributed by atoms with Crippen molar-refractivity contribution in [3.05, 3.63) is 59.9 Å². The number of Topliss-reactive ketones (excluding diaryl/α,β-unsaturated/α-hetero) is 1. The minimum atomic E-state index is -1.83. The van der Waals surface area contributed by atoms with Crippen LogP contribution < -0.4 is 5.73 Å². The maximum atomic E-state index is 13.1. The van der Waals surface area contributed by atoms with Gasteiger partial charge in [0.15, 0.2) is 5.78 Å². The summed E-state index contributed by atoms with van der Waals surface area (Å²) >= 11 is 0. The molecule has 0 spiro atoms. The Balaban J connectivity index is 1.53. The fourth-order valence-corrected chi connectivity index (χ4v) is 4.81. The number of carbonyl (C=O) groups excluding carboxylic acids is 4. The summed E-state index contributed by atoms with van der Waals surface area (Å²) in [6.45, 7) is -0.0993. The van der Waals surface area contributed by atoms with Crippen molar-refractivity contribution in [1.82, 2.24) is 14.8 Å². The smallest absolute Gasteiger partial charge is 0.253 e. The first-order valence-corrected chi connectivity index (χ1v) is 10.4. The van der Waals surface area contributed by atoms with E-state index < -0.39 is 23.3 Å². The number of primary amides is 1. The molecule has 1 aromatic carbocycles. The summed E-state index contributed by atoms with van der Waals surface area (Å²) in [4.78, 5) is 58.3. The van der Waals surface area contributed by atoms with Gasteiger partial charge >= 0.3 is 0 Å². The number of hydrogen-bond donors (Lipinski definition) is 2. The van der Waals surface area contributed by atoms with Crippen LogP contribution in [0.15, 0.2) is 48.8 Å². The number of aromatic nitrogens is 1. The normalized spacial score (nSPS) is 22.1. The summed E-state index contributed by atoms with van der Waals surface area (Å²) in [5.41, 5.74) is 5.32. The largest absolute Gasteiger partial charge is 0.508 e. The molecule has 166 valence electrons. The van der Waals surface area contributed by atoms with Gasteiger partial charge in [0.25, 0.3) is 5.91 Å². The molecule has 2 atom stereocenters. The first-order valence-electron chi connectivity index (χ1n) is 10.4. The monoisotopic (exact) mass is 436 g/mol. The Morgan fingerprint density at radius 1 is 1.16 bits per heavy atom. The van der Waals surface area contributed by atoms with Gasteiger partial charge in [0.05, 0.1) is 19.0 Å². The van der Waals surface area contributed by atoms with Gasteiger partial charge in [-0.25, -0.2) is 0 Å². The van der Waals surface area contributed by atoms with Crippen molar-refractivity contribution in [3.63, 3.8) is 0 Å². The predicted molar refractivity (Wildman–Crippen MR) is 113 cm³/mol. The molecule has 32 heavy (non-hydrogen) atoms. The highest BCUT2D eigenvalue weighted by atomic mass is 16.3. The average molecular weight is 436 g/mol. The minimum absolute atomic E-state index is 0.0396. The molecule has 2 unspecified atom stereocenters. The average Bonchev–Trinajstić information content (AvgIpc) is 3.30. The van der Waals surface area contributed by atoms with Crippen LogP contribution in [0.3, 0.4) is 0 Å². The summed E-state index contributed by atoms with van der Waals surface area (Å²) in [5.74, 6) is -2.04. The number of ketones is 1. The standard InChI is InChI=1S/C23H24N4O5/c24-22(32)23-18(26(14-19(23)29)21(31)12-16-4-2-9-25-13-16)8-10-27(23)20(30)7-6-15-3-1-5-17(28)11-15/h1-5,9,11,13,18,28H,6-8,10,12,14H2,(H2,24,32). The molecule has 0 aliphatic carbocycles. The SMILES string of the molecule is NC(=O)C12C(=O)CN(C(=O)Cc3cccnc3)C1CCN2C(=O)CCc1cccc(O)c1. The van der Waals surface area contributed by atoms with Crippen molar-refractivity contribution < 1.29 is 24.3 Å². The van der Waals surface area contributed by atoms with Crippen molar-refractivity contribution in [3.8, 4) is 5.75 Å². The Labute approximate surface area is 184 Å². The number of likely N-dealkylation sites (tertiary alicyclic amines) is 2. The van der Waals surface area contributed by atoms with Crippen LogP contribution in [0.5, 0.6) is 5.75 Å². The van der Waals surface area contributed by atoms with Gasteiger partial charge in [0.2, 0.25) is 17.4 Å². The summed E-state index contributed by atoms with van der Waals surface area (Å²) in [7, 11) is 0. The van der Waals surface area contributed by atoms with E-state index in [1.165, 1.54) is 15.9 Å². The number of rotatable bonds is 6. The zero-order chi connectivity index (χ0) is 22.9. The summed E-state index contributed by atoms with van der Waals surface area (Å²) in [5, 5.41) is 9.61. The molecule has 2 aliphatic heterocycles.